The second-order valence-corrected chi connectivity index (χ2v) is 9.63. The topological polar surface area (TPSA) is 12.0 Å². The van der Waals surface area contributed by atoms with Crippen LogP contribution in [0.1, 0.15) is 52.6 Å². The minimum absolute atomic E-state index is 1.14. The molecule has 172 valence electrons. The van der Waals surface area contributed by atoms with Crippen LogP contribution in [-0.4, -0.2) is 0 Å². The van der Waals surface area contributed by atoms with Crippen molar-refractivity contribution >= 4 is 18.2 Å². The van der Waals surface area contributed by atoms with E-state index >= 15 is 0 Å². The molecule has 3 aromatic rings. The maximum absolute atomic E-state index is 3.20. The lowest BCUT2D eigenvalue weighted by atomic mass is 9.78. The monoisotopic (exact) mass is 453 g/mol. The summed E-state index contributed by atoms with van der Waals surface area (Å²) >= 11 is 0. The van der Waals surface area contributed by atoms with Crippen molar-refractivity contribution in [2.75, 3.05) is 0 Å². The molecule has 1 heteroatoms. The molecule has 3 aliphatic carbocycles. The van der Waals surface area contributed by atoms with E-state index in [1.807, 2.05) is 6.20 Å². The summed E-state index contributed by atoms with van der Waals surface area (Å²) in [6.07, 6.45) is 24.6. The zero-order valence-electron chi connectivity index (χ0n) is 20.1. The summed E-state index contributed by atoms with van der Waals surface area (Å²) in [6, 6.07) is 22.0. The second kappa shape index (κ2) is 9.80. The molecule has 0 radical (unpaired) electrons. The SMILES string of the molecule is C1=CC2=CC=C(CC2)N1.C1=Cc2ccc3c(c2CC1)CCc1c(/C=C/c2ccccc2)cccc1-3. The van der Waals surface area contributed by atoms with Gasteiger partial charge in [-0.05, 0) is 101 Å². The van der Waals surface area contributed by atoms with Gasteiger partial charge in [-0.15, -0.1) is 0 Å². The van der Waals surface area contributed by atoms with Gasteiger partial charge in [0.05, 0.1) is 0 Å². The van der Waals surface area contributed by atoms with Gasteiger partial charge in [0.15, 0.2) is 0 Å². The van der Waals surface area contributed by atoms with Gasteiger partial charge in [0.2, 0.25) is 0 Å². The number of allylic oxidation sites excluding steroid dienone is 6. The largest absolute Gasteiger partial charge is 0.365 e. The molecule has 3 aromatic carbocycles. The van der Waals surface area contributed by atoms with Gasteiger partial charge in [0.25, 0.3) is 0 Å². The fraction of sp³-hybridized carbons (Fsp3) is 0.176. The Morgan fingerprint density at radius 3 is 2.40 bits per heavy atom. The van der Waals surface area contributed by atoms with Crippen LogP contribution in [-0.2, 0) is 19.3 Å². The quantitative estimate of drug-likeness (QED) is 0.385. The molecule has 0 saturated heterocycles. The first-order chi connectivity index (χ1) is 17.3. The Morgan fingerprint density at radius 2 is 1.51 bits per heavy atom. The molecule has 1 nitrogen and oxygen atoms in total. The molecule has 1 N–H and O–H groups in total. The third-order valence-electron chi connectivity index (χ3n) is 7.46. The molecule has 2 bridgehead atoms. The number of benzene rings is 3. The summed E-state index contributed by atoms with van der Waals surface area (Å²) < 4.78 is 0. The van der Waals surface area contributed by atoms with Crippen LogP contribution in [0.25, 0.3) is 29.4 Å². The summed E-state index contributed by atoms with van der Waals surface area (Å²) in [6.45, 7) is 0. The van der Waals surface area contributed by atoms with Crippen LogP contribution in [0.4, 0.5) is 0 Å². The number of nitrogens with one attached hydrogen (secondary N) is 1. The van der Waals surface area contributed by atoms with E-state index in [0.717, 1.165) is 12.8 Å². The molecule has 0 spiro atoms. The number of rotatable bonds is 2. The van der Waals surface area contributed by atoms with Crippen molar-refractivity contribution in [3.8, 4) is 11.1 Å². The first kappa shape index (κ1) is 21.7. The maximum atomic E-state index is 3.20. The maximum Gasteiger partial charge on any atom is 0.0150 e. The fourth-order valence-corrected chi connectivity index (χ4v) is 5.60. The zero-order chi connectivity index (χ0) is 23.5. The average Bonchev–Trinajstić information content (AvgIpc) is 3.30. The van der Waals surface area contributed by atoms with Gasteiger partial charge in [-0.25, -0.2) is 0 Å². The molecule has 35 heavy (non-hydrogen) atoms. The van der Waals surface area contributed by atoms with Gasteiger partial charge in [0, 0.05) is 11.9 Å². The predicted molar refractivity (Wildman–Crippen MR) is 150 cm³/mol. The van der Waals surface area contributed by atoms with E-state index in [-0.39, 0.29) is 0 Å². The smallest absolute Gasteiger partial charge is 0.0150 e. The Balaban J connectivity index is 0.000000212. The van der Waals surface area contributed by atoms with Crippen LogP contribution in [0.2, 0.25) is 0 Å². The molecular weight excluding hydrogens is 422 g/mol. The Kier molecular flexibility index (Phi) is 6.07. The molecule has 0 aromatic heterocycles. The van der Waals surface area contributed by atoms with Gasteiger partial charge >= 0.3 is 0 Å². The van der Waals surface area contributed by atoms with Gasteiger partial charge in [-0.3, -0.25) is 0 Å². The Bertz CT molecular complexity index is 1400. The van der Waals surface area contributed by atoms with Crippen LogP contribution in [0.15, 0.2) is 102 Å². The second-order valence-electron chi connectivity index (χ2n) is 9.63. The van der Waals surface area contributed by atoms with E-state index in [9.17, 15) is 0 Å². The van der Waals surface area contributed by atoms with Gasteiger partial charge in [-0.1, -0.05) is 91.0 Å². The number of fused-ring (bicyclic) bond motifs is 8. The first-order valence-corrected chi connectivity index (χ1v) is 12.8. The Labute approximate surface area is 208 Å². The highest BCUT2D eigenvalue weighted by molar-refractivity contribution is 5.82. The van der Waals surface area contributed by atoms with Crippen LogP contribution in [0.3, 0.4) is 0 Å². The van der Waals surface area contributed by atoms with Gasteiger partial charge in [0.1, 0.15) is 0 Å². The van der Waals surface area contributed by atoms with E-state index in [1.54, 1.807) is 11.1 Å². The summed E-state index contributed by atoms with van der Waals surface area (Å²) in [5, 5.41) is 3.20. The summed E-state index contributed by atoms with van der Waals surface area (Å²) in [5.41, 5.74) is 14.4. The number of hydrogen-bond acceptors (Lipinski definition) is 1. The van der Waals surface area contributed by atoms with Crippen molar-refractivity contribution in [1.82, 2.24) is 5.32 Å². The molecule has 2 aliphatic heterocycles. The zero-order valence-corrected chi connectivity index (χ0v) is 20.1. The third-order valence-corrected chi connectivity index (χ3v) is 7.46. The standard InChI is InChI=1S/C26H22.C8H9N/c1-2-7-19(8-3-1)13-14-21-10-6-12-24-23(21)17-18-25-22-11-5-4-9-20(22)15-16-26(24)25;1-3-8-4-2-7(1)5-6-9-8/h1-4,6-10,12-16H,5,11,17-18H2;1,3,5-6,9H,2,4H2/b14-13+;. The molecule has 0 amide bonds. The third kappa shape index (κ3) is 4.59. The first-order valence-electron chi connectivity index (χ1n) is 12.8. The highest BCUT2D eigenvalue weighted by Gasteiger charge is 2.22. The van der Waals surface area contributed by atoms with E-state index in [2.05, 4.69) is 109 Å². The molecule has 8 rings (SSSR count). The van der Waals surface area contributed by atoms with Crippen molar-refractivity contribution in [3.05, 3.63) is 136 Å². The molecule has 0 saturated carbocycles. The lowest BCUT2D eigenvalue weighted by Crippen LogP contribution is -2.10. The normalized spacial score (nSPS) is 16.7. The predicted octanol–water partition coefficient (Wildman–Crippen LogP) is 8.29. The molecule has 2 heterocycles. The van der Waals surface area contributed by atoms with Crippen LogP contribution >= 0.6 is 0 Å². The molecule has 0 atom stereocenters. The highest BCUT2D eigenvalue weighted by atomic mass is 14.9. The average molecular weight is 454 g/mol. The van der Waals surface area contributed by atoms with E-state index in [0.29, 0.717) is 0 Å². The van der Waals surface area contributed by atoms with Crippen LogP contribution in [0.5, 0.6) is 0 Å². The summed E-state index contributed by atoms with van der Waals surface area (Å²) in [7, 11) is 0. The van der Waals surface area contributed by atoms with Gasteiger partial charge < -0.3 is 5.32 Å². The minimum atomic E-state index is 1.14. The lowest BCUT2D eigenvalue weighted by Gasteiger charge is -2.26. The van der Waals surface area contributed by atoms with E-state index in [1.165, 1.54) is 70.3 Å². The van der Waals surface area contributed by atoms with Crippen molar-refractivity contribution < 1.29 is 0 Å². The van der Waals surface area contributed by atoms with Crippen molar-refractivity contribution in [1.29, 1.82) is 0 Å². The van der Waals surface area contributed by atoms with Gasteiger partial charge in [-0.2, -0.15) is 0 Å². The summed E-state index contributed by atoms with van der Waals surface area (Å²) in [5.74, 6) is 0. The van der Waals surface area contributed by atoms with Crippen LogP contribution < -0.4 is 5.32 Å². The van der Waals surface area contributed by atoms with Crippen molar-refractivity contribution in [2.45, 2.75) is 38.5 Å². The summed E-state index contributed by atoms with van der Waals surface area (Å²) in [4.78, 5) is 0. The molecule has 0 unspecified atom stereocenters. The number of hydrogen-bond donors (Lipinski definition) is 1. The lowest BCUT2D eigenvalue weighted by molar-refractivity contribution is 0.874. The highest BCUT2D eigenvalue weighted by Crippen LogP contribution is 2.39. The minimum Gasteiger partial charge on any atom is -0.365 e. The Morgan fingerprint density at radius 1 is 0.629 bits per heavy atom. The molecular formula is C34H31N. The molecule has 5 aliphatic rings. The van der Waals surface area contributed by atoms with E-state index < -0.39 is 0 Å². The van der Waals surface area contributed by atoms with E-state index in [4.69, 9.17) is 0 Å². The van der Waals surface area contributed by atoms with Crippen LogP contribution in [0, 0.1) is 0 Å². The Hall–Kier alpha value is -3.84. The van der Waals surface area contributed by atoms with Crippen molar-refractivity contribution in [3.63, 3.8) is 0 Å². The van der Waals surface area contributed by atoms with Crippen molar-refractivity contribution in [2.24, 2.45) is 0 Å². The molecule has 0 fully saturated rings. The fourth-order valence-electron chi connectivity index (χ4n) is 5.60.